The van der Waals surface area contributed by atoms with E-state index in [1.54, 1.807) is 0 Å². The number of para-hydroxylation sites is 1. The molecule has 0 spiro atoms. The lowest BCUT2D eigenvalue weighted by molar-refractivity contribution is 0.838. The van der Waals surface area contributed by atoms with Crippen LogP contribution in [-0.4, -0.2) is 17.3 Å². The van der Waals surface area contributed by atoms with Crippen molar-refractivity contribution in [2.75, 3.05) is 17.6 Å². The molecule has 1 aliphatic heterocycles. The Kier molecular flexibility index (Phi) is 6.20. The van der Waals surface area contributed by atoms with Crippen molar-refractivity contribution in [1.82, 2.24) is 0 Å². The van der Waals surface area contributed by atoms with E-state index < -0.39 is 0 Å². The van der Waals surface area contributed by atoms with Crippen LogP contribution in [0.4, 0.5) is 5.69 Å². The molecule has 0 fully saturated rings. The third kappa shape index (κ3) is 4.39. The highest BCUT2D eigenvalue weighted by molar-refractivity contribution is 8.14. The molecule has 2 aromatic carbocycles. The highest BCUT2D eigenvalue weighted by atomic mass is 32.2. The van der Waals surface area contributed by atoms with Gasteiger partial charge in [-0.05, 0) is 34.6 Å². The Morgan fingerprint density at radius 2 is 1.62 bits per heavy atom. The van der Waals surface area contributed by atoms with Crippen molar-refractivity contribution in [3.8, 4) is 0 Å². The number of aliphatic imine (C=N–C) groups is 1. The van der Waals surface area contributed by atoms with E-state index in [2.05, 4.69) is 92.6 Å². The molecule has 136 valence electrons. The van der Waals surface area contributed by atoms with Gasteiger partial charge < -0.3 is 5.32 Å². The van der Waals surface area contributed by atoms with Crippen molar-refractivity contribution in [3.63, 3.8) is 0 Å². The lowest BCUT2D eigenvalue weighted by Gasteiger charge is -2.22. The van der Waals surface area contributed by atoms with Gasteiger partial charge in [-0.15, -0.1) is 11.8 Å². The highest BCUT2D eigenvalue weighted by Gasteiger charge is 2.16. The average Bonchev–Trinajstić information content (AvgIpc) is 3.14. The monoisotopic (exact) mass is 364 g/mol. The molecule has 0 saturated heterocycles. The molecule has 0 radical (unpaired) electrons. The van der Waals surface area contributed by atoms with E-state index >= 15 is 0 Å². The van der Waals surface area contributed by atoms with Gasteiger partial charge in [0.2, 0.25) is 0 Å². The maximum absolute atomic E-state index is 4.62. The van der Waals surface area contributed by atoms with E-state index in [4.69, 9.17) is 0 Å². The van der Waals surface area contributed by atoms with E-state index in [9.17, 15) is 0 Å². The molecular formula is C23H28N2S. The number of nitrogens with zero attached hydrogens (tertiary/aromatic N) is 1. The third-order valence-corrected chi connectivity index (χ3v) is 5.52. The number of thioether (sulfide) groups is 1. The van der Waals surface area contributed by atoms with Gasteiger partial charge >= 0.3 is 0 Å². The minimum absolute atomic E-state index is 0.464. The smallest absolute Gasteiger partial charge is 0.0926 e. The summed E-state index contributed by atoms with van der Waals surface area (Å²) < 4.78 is 0. The highest BCUT2D eigenvalue weighted by Crippen LogP contribution is 2.35. The topological polar surface area (TPSA) is 24.4 Å². The second kappa shape index (κ2) is 8.59. The summed E-state index contributed by atoms with van der Waals surface area (Å²) in [7, 11) is 0. The van der Waals surface area contributed by atoms with E-state index in [-0.39, 0.29) is 0 Å². The minimum atomic E-state index is 0.464. The largest absolute Gasteiger partial charge is 0.354 e. The molecule has 0 bridgehead atoms. The Balaban J connectivity index is 2.07. The van der Waals surface area contributed by atoms with Crippen molar-refractivity contribution in [2.45, 2.75) is 39.5 Å². The van der Waals surface area contributed by atoms with Gasteiger partial charge in [0.25, 0.3) is 0 Å². The van der Waals surface area contributed by atoms with Crippen LogP contribution in [0, 0.1) is 0 Å². The zero-order valence-corrected chi connectivity index (χ0v) is 16.9. The molecule has 0 amide bonds. The van der Waals surface area contributed by atoms with E-state index in [1.807, 2.05) is 11.8 Å². The minimum Gasteiger partial charge on any atom is -0.354 e. The molecule has 26 heavy (non-hydrogen) atoms. The van der Waals surface area contributed by atoms with Gasteiger partial charge in [-0.3, -0.25) is 4.99 Å². The maximum Gasteiger partial charge on any atom is 0.0926 e. The molecule has 2 nitrogen and oxygen atoms in total. The second-order valence-electron chi connectivity index (χ2n) is 7.24. The Bertz CT molecular complexity index is 778. The molecule has 0 unspecified atom stereocenters. The van der Waals surface area contributed by atoms with Crippen LogP contribution in [0.3, 0.4) is 0 Å². The normalized spacial score (nSPS) is 14.8. The van der Waals surface area contributed by atoms with Crippen LogP contribution in [0.5, 0.6) is 0 Å². The standard InChI is InChI=1S/C23H28N2S/c1-16(2)19-11-8-12-20(17(3)4)23(19)25-21(15-22-24-13-14-26-22)18-9-6-5-7-10-18/h5-12,15-17,25H,13-14H2,1-4H3. The summed E-state index contributed by atoms with van der Waals surface area (Å²) in [5.41, 5.74) is 6.28. The van der Waals surface area contributed by atoms with E-state index in [0.717, 1.165) is 23.0 Å². The molecule has 0 atom stereocenters. The lowest BCUT2D eigenvalue weighted by Crippen LogP contribution is -2.08. The summed E-state index contributed by atoms with van der Waals surface area (Å²) >= 11 is 1.83. The van der Waals surface area contributed by atoms with Gasteiger partial charge in [0.05, 0.1) is 5.04 Å². The fraction of sp³-hybridized carbons (Fsp3) is 0.348. The zero-order valence-electron chi connectivity index (χ0n) is 16.1. The number of benzene rings is 2. The maximum atomic E-state index is 4.62. The molecule has 3 heteroatoms. The van der Waals surface area contributed by atoms with Crippen LogP contribution >= 0.6 is 11.8 Å². The van der Waals surface area contributed by atoms with Gasteiger partial charge in [0.1, 0.15) is 0 Å². The first kappa shape index (κ1) is 18.8. The SMILES string of the molecule is CC(C)c1cccc(C(C)C)c1NC(=CC1=NCCS1)c1ccccc1. The van der Waals surface area contributed by atoms with Crippen LogP contribution < -0.4 is 5.32 Å². The van der Waals surface area contributed by atoms with Gasteiger partial charge in [0.15, 0.2) is 0 Å². The summed E-state index contributed by atoms with van der Waals surface area (Å²) in [6.45, 7) is 9.94. The lowest BCUT2D eigenvalue weighted by atomic mass is 9.92. The first-order valence-electron chi connectivity index (χ1n) is 9.40. The van der Waals surface area contributed by atoms with Crippen molar-refractivity contribution >= 4 is 28.2 Å². The van der Waals surface area contributed by atoms with Crippen LogP contribution in [0.25, 0.3) is 5.70 Å². The Labute approximate surface area is 161 Å². The number of rotatable bonds is 6. The van der Waals surface area contributed by atoms with Crippen LogP contribution in [-0.2, 0) is 0 Å². The molecule has 1 N–H and O–H groups in total. The Hall–Kier alpha value is -2.00. The first-order valence-corrected chi connectivity index (χ1v) is 10.4. The first-order chi connectivity index (χ1) is 12.6. The summed E-state index contributed by atoms with van der Waals surface area (Å²) in [6, 6.07) is 17.2. The van der Waals surface area contributed by atoms with E-state index in [0.29, 0.717) is 11.8 Å². The average molecular weight is 365 g/mol. The van der Waals surface area contributed by atoms with Gasteiger partial charge in [-0.1, -0.05) is 76.2 Å². The summed E-state index contributed by atoms with van der Waals surface area (Å²) in [5, 5.41) is 4.90. The Morgan fingerprint density at radius 1 is 0.962 bits per heavy atom. The summed E-state index contributed by atoms with van der Waals surface area (Å²) in [6.07, 6.45) is 2.20. The Morgan fingerprint density at radius 3 is 2.15 bits per heavy atom. The summed E-state index contributed by atoms with van der Waals surface area (Å²) in [4.78, 5) is 4.62. The number of anilines is 1. The molecule has 0 saturated carbocycles. The van der Waals surface area contributed by atoms with E-state index in [1.165, 1.54) is 22.4 Å². The zero-order chi connectivity index (χ0) is 18.5. The molecule has 1 aliphatic rings. The van der Waals surface area contributed by atoms with Crippen molar-refractivity contribution in [3.05, 3.63) is 71.3 Å². The predicted molar refractivity (Wildman–Crippen MR) is 117 cm³/mol. The van der Waals surface area contributed by atoms with Crippen molar-refractivity contribution < 1.29 is 0 Å². The summed E-state index contributed by atoms with van der Waals surface area (Å²) in [5.74, 6) is 2.01. The van der Waals surface area contributed by atoms with Gasteiger partial charge in [-0.25, -0.2) is 0 Å². The van der Waals surface area contributed by atoms with Crippen LogP contribution in [0.2, 0.25) is 0 Å². The second-order valence-corrected chi connectivity index (χ2v) is 8.35. The number of nitrogens with one attached hydrogen (secondary N) is 1. The van der Waals surface area contributed by atoms with Crippen LogP contribution in [0.1, 0.15) is 56.2 Å². The number of hydrogen-bond donors (Lipinski definition) is 1. The molecule has 0 aliphatic carbocycles. The molecule has 2 aromatic rings. The molecule has 0 aromatic heterocycles. The molecule has 1 heterocycles. The number of hydrogen-bond acceptors (Lipinski definition) is 3. The third-order valence-electron chi connectivity index (χ3n) is 4.59. The van der Waals surface area contributed by atoms with Crippen LogP contribution in [0.15, 0.2) is 59.6 Å². The molecule has 3 rings (SSSR count). The quantitative estimate of drug-likeness (QED) is 0.630. The predicted octanol–water partition coefficient (Wildman–Crippen LogP) is 6.53. The molecular weight excluding hydrogens is 336 g/mol. The van der Waals surface area contributed by atoms with Crippen molar-refractivity contribution in [1.29, 1.82) is 0 Å². The van der Waals surface area contributed by atoms with Gasteiger partial charge in [-0.2, -0.15) is 0 Å². The van der Waals surface area contributed by atoms with Crippen molar-refractivity contribution in [2.24, 2.45) is 4.99 Å². The fourth-order valence-corrected chi connectivity index (χ4v) is 3.98. The van der Waals surface area contributed by atoms with Gasteiger partial charge in [0, 0.05) is 23.7 Å². The fourth-order valence-electron chi connectivity index (χ4n) is 3.20.